The van der Waals surface area contributed by atoms with Crippen LogP contribution in [0.1, 0.15) is 28.8 Å². The largest absolute Gasteiger partial charge is 0.474 e. The highest BCUT2D eigenvalue weighted by atomic mass is 19.4. The number of piperidine rings is 1. The summed E-state index contributed by atoms with van der Waals surface area (Å²) in [7, 11) is 0. The lowest BCUT2D eigenvalue weighted by Gasteiger charge is -2.31. The highest BCUT2D eigenvalue weighted by Crippen LogP contribution is 2.29. The smallest absolute Gasteiger partial charge is 0.417 e. The molecule has 2 aromatic heterocycles. The number of halogens is 3. The second-order valence-corrected chi connectivity index (χ2v) is 6.74. The van der Waals surface area contributed by atoms with Crippen LogP contribution in [0.25, 0.3) is 10.9 Å². The number of ether oxygens (including phenoxy) is 1. The van der Waals surface area contributed by atoms with Gasteiger partial charge in [0.25, 0.3) is 5.91 Å². The molecule has 1 aliphatic heterocycles. The first-order valence-electron chi connectivity index (χ1n) is 8.97. The van der Waals surface area contributed by atoms with Gasteiger partial charge in [0.2, 0.25) is 5.88 Å². The molecule has 4 rings (SSSR count). The number of pyridine rings is 1. The van der Waals surface area contributed by atoms with Crippen molar-refractivity contribution < 1.29 is 22.7 Å². The fourth-order valence-corrected chi connectivity index (χ4v) is 3.38. The number of aromatic nitrogens is 2. The van der Waals surface area contributed by atoms with Crippen LogP contribution in [0.4, 0.5) is 13.2 Å². The van der Waals surface area contributed by atoms with Crippen LogP contribution in [-0.2, 0) is 6.18 Å². The molecule has 0 atom stereocenters. The molecule has 0 radical (unpaired) electrons. The minimum absolute atomic E-state index is 0.0384. The molecule has 3 aromatic rings. The molecule has 5 nitrogen and oxygen atoms in total. The maximum atomic E-state index is 12.8. The zero-order valence-electron chi connectivity index (χ0n) is 14.9. The van der Waals surface area contributed by atoms with Gasteiger partial charge in [0.05, 0.1) is 11.1 Å². The Hall–Kier alpha value is -3.03. The van der Waals surface area contributed by atoms with Gasteiger partial charge < -0.3 is 14.6 Å². The topological polar surface area (TPSA) is 58.2 Å². The van der Waals surface area contributed by atoms with Crippen molar-refractivity contribution in [3.63, 3.8) is 0 Å². The molecule has 0 aliphatic carbocycles. The Morgan fingerprint density at radius 2 is 1.89 bits per heavy atom. The average Bonchev–Trinajstić information content (AvgIpc) is 3.12. The minimum Gasteiger partial charge on any atom is -0.474 e. The third-order valence-corrected chi connectivity index (χ3v) is 4.90. The van der Waals surface area contributed by atoms with Crippen molar-refractivity contribution in [3.05, 3.63) is 59.9 Å². The van der Waals surface area contributed by atoms with Crippen LogP contribution in [0.2, 0.25) is 0 Å². The number of hydrogen-bond acceptors (Lipinski definition) is 3. The summed E-state index contributed by atoms with van der Waals surface area (Å²) in [5.74, 6) is 0.123. The van der Waals surface area contributed by atoms with Crippen molar-refractivity contribution in [2.75, 3.05) is 13.1 Å². The number of rotatable bonds is 3. The lowest BCUT2D eigenvalue weighted by atomic mass is 10.1. The fourth-order valence-electron chi connectivity index (χ4n) is 3.38. The predicted octanol–water partition coefficient (Wildman–Crippen LogP) is 4.27. The van der Waals surface area contributed by atoms with Crippen LogP contribution in [0.5, 0.6) is 5.88 Å². The Morgan fingerprint density at radius 3 is 2.57 bits per heavy atom. The number of alkyl halides is 3. The van der Waals surface area contributed by atoms with Crippen LogP contribution in [0, 0.1) is 0 Å². The van der Waals surface area contributed by atoms with Crippen LogP contribution in [0.3, 0.4) is 0 Å². The van der Waals surface area contributed by atoms with Gasteiger partial charge in [0.15, 0.2) is 0 Å². The van der Waals surface area contributed by atoms with E-state index >= 15 is 0 Å². The number of hydrogen-bond donors (Lipinski definition) is 1. The number of nitrogens with one attached hydrogen (secondary N) is 1. The number of fused-ring (bicyclic) bond motifs is 1. The molecular weight excluding hydrogens is 371 g/mol. The van der Waals surface area contributed by atoms with Gasteiger partial charge in [0, 0.05) is 55.3 Å². The molecule has 1 N–H and O–H groups in total. The van der Waals surface area contributed by atoms with Crippen molar-refractivity contribution in [3.8, 4) is 5.88 Å². The Morgan fingerprint density at radius 1 is 1.14 bits per heavy atom. The Labute approximate surface area is 159 Å². The number of aromatic amines is 1. The van der Waals surface area contributed by atoms with E-state index < -0.39 is 11.7 Å². The Kier molecular flexibility index (Phi) is 4.70. The first-order valence-corrected chi connectivity index (χ1v) is 8.97. The first-order chi connectivity index (χ1) is 13.4. The van der Waals surface area contributed by atoms with E-state index in [4.69, 9.17) is 4.74 Å². The molecule has 0 saturated carbocycles. The lowest BCUT2D eigenvalue weighted by molar-refractivity contribution is -0.137. The first kappa shape index (κ1) is 18.3. The van der Waals surface area contributed by atoms with E-state index in [1.165, 1.54) is 6.07 Å². The van der Waals surface area contributed by atoms with Crippen LogP contribution in [-0.4, -0.2) is 40.0 Å². The lowest BCUT2D eigenvalue weighted by Crippen LogP contribution is -2.41. The van der Waals surface area contributed by atoms with Crippen LogP contribution < -0.4 is 4.74 Å². The average molecular weight is 389 g/mol. The van der Waals surface area contributed by atoms with Crippen molar-refractivity contribution in [1.29, 1.82) is 0 Å². The Bertz CT molecular complexity index is 974. The van der Waals surface area contributed by atoms with Gasteiger partial charge in [-0.3, -0.25) is 4.79 Å². The highest BCUT2D eigenvalue weighted by Gasteiger charge is 2.31. The summed E-state index contributed by atoms with van der Waals surface area (Å²) < 4.78 is 43.5. The summed E-state index contributed by atoms with van der Waals surface area (Å²) in [6.45, 7) is 1.04. The summed E-state index contributed by atoms with van der Waals surface area (Å²) in [6.07, 6.45) is -0.920. The molecule has 28 heavy (non-hydrogen) atoms. The van der Waals surface area contributed by atoms with E-state index in [-0.39, 0.29) is 17.9 Å². The van der Waals surface area contributed by atoms with Crippen LogP contribution in [0.15, 0.2) is 48.8 Å². The maximum Gasteiger partial charge on any atom is 0.417 e. The third kappa shape index (κ3) is 3.67. The van der Waals surface area contributed by atoms with Crippen molar-refractivity contribution in [2.24, 2.45) is 0 Å². The van der Waals surface area contributed by atoms with E-state index in [0.717, 1.165) is 23.2 Å². The normalized spacial score (nSPS) is 15.8. The number of carbonyl (C=O) groups is 1. The Balaban J connectivity index is 1.36. The van der Waals surface area contributed by atoms with Gasteiger partial charge in [-0.05, 0) is 12.1 Å². The molecule has 8 heteroatoms. The van der Waals surface area contributed by atoms with E-state index in [9.17, 15) is 18.0 Å². The maximum absolute atomic E-state index is 12.8. The third-order valence-electron chi connectivity index (χ3n) is 4.90. The van der Waals surface area contributed by atoms with Gasteiger partial charge in [-0.1, -0.05) is 18.2 Å². The number of carbonyl (C=O) groups excluding carboxylic acids is 1. The van der Waals surface area contributed by atoms with Gasteiger partial charge in [0.1, 0.15) is 6.10 Å². The van der Waals surface area contributed by atoms with E-state index in [2.05, 4.69) is 9.97 Å². The molecule has 146 valence electrons. The number of likely N-dealkylation sites (tertiary alicyclic amines) is 1. The second-order valence-electron chi connectivity index (χ2n) is 6.74. The number of para-hydroxylation sites is 1. The second kappa shape index (κ2) is 7.18. The van der Waals surface area contributed by atoms with Crippen molar-refractivity contribution in [1.82, 2.24) is 14.9 Å². The standard InChI is InChI=1S/C20H18F3N3O2/c21-20(22,23)13-5-6-18(25-11-13)28-14-7-9-26(10-8-14)19(27)16-12-24-17-4-2-1-3-15(16)17/h1-6,11-12,14,24H,7-10H2. The molecule has 1 aliphatic rings. The molecule has 1 amide bonds. The predicted molar refractivity (Wildman–Crippen MR) is 97.1 cm³/mol. The zero-order valence-corrected chi connectivity index (χ0v) is 14.9. The van der Waals surface area contributed by atoms with E-state index in [1.54, 1.807) is 11.1 Å². The quantitative estimate of drug-likeness (QED) is 0.728. The van der Waals surface area contributed by atoms with Gasteiger partial charge in [-0.15, -0.1) is 0 Å². The summed E-state index contributed by atoms with van der Waals surface area (Å²) in [4.78, 5) is 21.4. The number of H-pyrrole nitrogens is 1. The van der Waals surface area contributed by atoms with E-state index in [0.29, 0.717) is 31.5 Å². The van der Waals surface area contributed by atoms with Gasteiger partial charge in [-0.2, -0.15) is 13.2 Å². The number of amides is 1. The molecule has 0 unspecified atom stereocenters. The van der Waals surface area contributed by atoms with Crippen LogP contribution >= 0.6 is 0 Å². The van der Waals surface area contributed by atoms with Gasteiger partial charge in [-0.25, -0.2) is 4.98 Å². The molecule has 0 bridgehead atoms. The monoisotopic (exact) mass is 389 g/mol. The summed E-state index contributed by atoms with van der Waals surface area (Å²) in [6, 6.07) is 9.81. The fraction of sp³-hybridized carbons (Fsp3) is 0.300. The summed E-state index contributed by atoms with van der Waals surface area (Å²) in [5.41, 5.74) is 0.746. The molecular formula is C20H18F3N3O2. The van der Waals surface area contributed by atoms with Crippen molar-refractivity contribution in [2.45, 2.75) is 25.1 Å². The molecule has 1 saturated heterocycles. The molecule has 1 aromatic carbocycles. The van der Waals surface area contributed by atoms with Crippen molar-refractivity contribution >= 4 is 16.8 Å². The molecule has 1 fully saturated rings. The van der Waals surface area contributed by atoms with E-state index in [1.807, 2.05) is 24.3 Å². The number of nitrogens with zero attached hydrogens (tertiary/aromatic N) is 2. The highest BCUT2D eigenvalue weighted by molar-refractivity contribution is 6.06. The SMILES string of the molecule is O=C(c1c[nH]c2ccccc12)N1CCC(Oc2ccc(C(F)(F)F)cn2)CC1. The van der Waals surface area contributed by atoms with Gasteiger partial charge >= 0.3 is 6.18 Å². The summed E-state index contributed by atoms with van der Waals surface area (Å²) in [5, 5.41) is 0.889. The summed E-state index contributed by atoms with van der Waals surface area (Å²) >= 11 is 0. The minimum atomic E-state index is -4.42. The number of benzene rings is 1. The molecule has 3 heterocycles. The molecule has 0 spiro atoms. The zero-order chi connectivity index (χ0) is 19.7.